The Morgan fingerprint density at radius 3 is 2.17 bits per heavy atom. The van der Waals surface area contributed by atoms with Crippen LogP contribution in [0.1, 0.15) is 16.1 Å². The van der Waals surface area contributed by atoms with Crippen LogP contribution >= 0.6 is 0 Å². The third kappa shape index (κ3) is 6.00. The lowest BCUT2D eigenvalue weighted by Gasteiger charge is -2.15. The van der Waals surface area contributed by atoms with Crippen LogP contribution in [0.4, 0.5) is 23.0 Å². The Kier molecular flexibility index (Phi) is 7.83. The second kappa shape index (κ2) is 11.8. The Balaban J connectivity index is 1.43. The lowest BCUT2D eigenvalue weighted by atomic mass is 10.2. The Labute approximate surface area is 233 Å². The van der Waals surface area contributed by atoms with Crippen LogP contribution in [0.15, 0.2) is 90.0 Å². The van der Waals surface area contributed by atoms with Crippen molar-refractivity contribution < 1.29 is 18.5 Å². The van der Waals surface area contributed by atoms with Crippen LogP contribution in [-0.4, -0.2) is 39.3 Å². The molecule has 5 aromatic rings. The van der Waals surface area contributed by atoms with Crippen LogP contribution in [0.2, 0.25) is 0 Å². The van der Waals surface area contributed by atoms with Crippen molar-refractivity contribution >= 4 is 50.9 Å². The van der Waals surface area contributed by atoms with Gasteiger partial charge in [-0.2, -0.15) is 0 Å². The second-order valence-electron chi connectivity index (χ2n) is 8.62. The highest BCUT2D eigenvalue weighted by molar-refractivity contribution is 7.86. The minimum absolute atomic E-state index is 0.277. The van der Waals surface area contributed by atoms with Crippen molar-refractivity contribution in [3.8, 4) is 11.5 Å². The SMILES string of the molecule is COc1cc(Nc2nc3ccccc3nc2NS(=O)c2cccc(NC(=O)c3cccnc3C)c2)cc(OC)c1. The molecule has 2 heterocycles. The molecule has 202 valence electrons. The summed E-state index contributed by atoms with van der Waals surface area (Å²) in [6, 6.07) is 22.9. The molecule has 5 rings (SSSR count). The highest BCUT2D eigenvalue weighted by atomic mass is 32.2. The number of rotatable bonds is 9. The van der Waals surface area contributed by atoms with Crippen molar-refractivity contribution in [3.63, 3.8) is 0 Å². The number of carbonyl (C=O) groups is 1. The molecule has 0 saturated carbocycles. The highest BCUT2D eigenvalue weighted by Gasteiger charge is 2.16. The maximum absolute atomic E-state index is 13.5. The standard InChI is InChI=1S/C29H26N6O4S/c1-18-24(10-7-13-30-18)29(36)32-19-8-6-9-23(16-19)40(37)35-28-27(33-25-11-4-5-12-26(25)34-28)31-20-14-21(38-2)17-22(15-20)39-3/h4-17H,1-3H3,(H,31,33)(H,32,36)(H,34,35). The highest BCUT2D eigenvalue weighted by Crippen LogP contribution is 2.31. The number of benzene rings is 3. The molecule has 0 bridgehead atoms. The third-order valence-electron chi connectivity index (χ3n) is 5.93. The molecule has 3 aromatic carbocycles. The maximum atomic E-state index is 13.5. The Bertz CT molecular complexity index is 1710. The van der Waals surface area contributed by atoms with Gasteiger partial charge in [-0.05, 0) is 49.4 Å². The quantitative estimate of drug-likeness (QED) is 0.219. The van der Waals surface area contributed by atoms with Crippen LogP contribution in [0.25, 0.3) is 11.0 Å². The number of anilines is 4. The number of para-hydroxylation sites is 2. The van der Waals surface area contributed by atoms with Crippen LogP contribution in [0.3, 0.4) is 0 Å². The van der Waals surface area contributed by atoms with E-state index in [0.29, 0.717) is 55.9 Å². The number of carbonyl (C=O) groups excluding carboxylic acids is 1. The first-order valence-electron chi connectivity index (χ1n) is 12.2. The molecule has 0 fully saturated rings. The van der Waals surface area contributed by atoms with Gasteiger partial charge in [-0.1, -0.05) is 18.2 Å². The first-order valence-corrected chi connectivity index (χ1v) is 13.4. The Hall–Kier alpha value is -5.03. The topological polar surface area (TPSA) is 127 Å². The summed E-state index contributed by atoms with van der Waals surface area (Å²) in [5, 5.41) is 6.08. The molecule has 0 saturated heterocycles. The molecule has 0 spiro atoms. The molecular weight excluding hydrogens is 528 g/mol. The van der Waals surface area contributed by atoms with Crippen LogP contribution in [0, 0.1) is 6.92 Å². The summed E-state index contributed by atoms with van der Waals surface area (Å²) in [5.41, 5.74) is 3.50. The van der Waals surface area contributed by atoms with Gasteiger partial charge in [0, 0.05) is 41.5 Å². The van der Waals surface area contributed by atoms with E-state index in [9.17, 15) is 9.00 Å². The van der Waals surface area contributed by atoms with Crippen molar-refractivity contribution in [3.05, 3.63) is 96.3 Å². The molecule has 40 heavy (non-hydrogen) atoms. The summed E-state index contributed by atoms with van der Waals surface area (Å²) in [5.74, 6) is 1.52. The molecule has 0 aliphatic heterocycles. The van der Waals surface area contributed by atoms with Gasteiger partial charge >= 0.3 is 0 Å². The summed E-state index contributed by atoms with van der Waals surface area (Å²) in [6.07, 6.45) is 1.63. The number of hydrogen-bond acceptors (Lipinski definition) is 8. The van der Waals surface area contributed by atoms with E-state index in [-0.39, 0.29) is 11.7 Å². The van der Waals surface area contributed by atoms with Crippen molar-refractivity contribution in [2.75, 3.05) is 29.6 Å². The zero-order valence-corrected chi connectivity index (χ0v) is 22.8. The molecule has 2 aromatic heterocycles. The van der Waals surface area contributed by atoms with Gasteiger partial charge in [-0.3, -0.25) is 14.5 Å². The van der Waals surface area contributed by atoms with Crippen LogP contribution in [0.5, 0.6) is 11.5 Å². The van der Waals surface area contributed by atoms with Gasteiger partial charge < -0.3 is 20.1 Å². The molecule has 11 heteroatoms. The number of aryl methyl sites for hydroxylation is 1. The molecule has 0 aliphatic carbocycles. The first-order chi connectivity index (χ1) is 19.4. The molecule has 0 radical (unpaired) electrons. The van der Waals surface area contributed by atoms with Gasteiger partial charge in [0.15, 0.2) is 22.6 Å². The lowest BCUT2D eigenvalue weighted by Crippen LogP contribution is -2.14. The summed E-state index contributed by atoms with van der Waals surface area (Å²) in [7, 11) is 1.40. The van der Waals surface area contributed by atoms with Gasteiger partial charge in [0.05, 0.1) is 35.7 Å². The predicted molar refractivity (Wildman–Crippen MR) is 156 cm³/mol. The summed E-state index contributed by atoms with van der Waals surface area (Å²) in [4.78, 5) is 26.7. The van der Waals surface area contributed by atoms with E-state index in [0.717, 1.165) is 0 Å². The molecule has 1 amide bonds. The van der Waals surface area contributed by atoms with E-state index in [1.54, 1.807) is 81.9 Å². The third-order valence-corrected chi connectivity index (χ3v) is 6.99. The molecular formula is C29H26N6O4S. The van der Waals surface area contributed by atoms with Crippen molar-refractivity contribution in [1.29, 1.82) is 0 Å². The number of fused-ring (bicyclic) bond motifs is 1. The number of pyridine rings is 1. The number of methoxy groups -OCH3 is 2. The summed E-state index contributed by atoms with van der Waals surface area (Å²) < 4.78 is 27.2. The number of nitrogens with zero attached hydrogens (tertiary/aromatic N) is 3. The van der Waals surface area contributed by atoms with E-state index in [1.165, 1.54) is 0 Å². The minimum atomic E-state index is -1.74. The Morgan fingerprint density at radius 2 is 1.50 bits per heavy atom. The second-order valence-corrected chi connectivity index (χ2v) is 9.84. The van der Waals surface area contributed by atoms with Crippen LogP contribution in [-0.2, 0) is 11.0 Å². The van der Waals surface area contributed by atoms with E-state index in [2.05, 4.69) is 25.3 Å². The monoisotopic (exact) mass is 554 g/mol. The smallest absolute Gasteiger partial charge is 0.257 e. The average molecular weight is 555 g/mol. The van der Waals surface area contributed by atoms with Gasteiger partial charge in [-0.15, -0.1) is 0 Å². The molecule has 0 aliphatic rings. The zero-order valence-electron chi connectivity index (χ0n) is 22.0. The number of nitrogens with one attached hydrogen (secondary N) is 3. The van der Waals surface area contributed by atoms with Gasteiger partial charge in [0.1, 0.15) is 11.5 Å². The number of ether oxygens (including phenoxy) is 2. The fraction of sp³-hybridized carbons (Fsp3) is 0.103. The Morgan fingerprint density at radius 1 is 0.800 bits per heavy atom. The van der Waals surface area contributed by atoms with Gasteiger partial charge in [0.25, 0.3) is 5.91 Å². The lowest BCUT2D eigenvalue weighted by molar-refractivity contribution is 0.102. The zero-order chi connectivity index (χ0) is 28.1. The van der Waals surface area contributed by atoms with Crippen molar-refractivity contribution in [1.82, 2.24) is 15.0 Å². The summed E-state index contributed by atoms with van der Waals surface area (Å²) >= 11 is 0. The number of aromatic nitrogens is 3. The molecule has 3 N–H and O–H groups in total. The van der Waals surface area contributed by atoms with Crippen LogP contribution < -0.4 is 24.8 Å². The summed E-state index contributed by atoms with van der Waals surface area (Å²) in [6.45, 7) is 1.77. The van der Waals surface area contributed by atoms with Gasteiger partial charge in [0.2, 0.25) is 0 Å². The van der Waals surface area contributed by atoms with Crippen molar-refractivity contribution in [2.24, 2.45) is 0 Å². The van der Waals surface area contributed by atoms with Gasteiger partial charge in [-0.25, -0.2) is 14.2 Å². The maximum Gasteiger partial charge on any atom is 0.257 e. The predicted octanol–water partition coefficient (Wildman–Crippen LogP) is 5.48. The van der Waals surface area contributed by atoms with E-state index in [1.807, 2.05) is 24.3 Å². The fourth-order valence-corrected chi connectivity index (χ4v) is 4.81. The van der Waals surface area contributed by atoms with E-state index in [4.69, 9.17) is 14.5 Å². The minimum Gasteiger partial charge on any atom is -0.497 e. The molecule has 1 unspecified atom stereocenters. The molecule has 10 nitrogen and oxygen atoms in total. The fourth-order valence-electron chi connectivity index (χ4n) is 3.93. The first kappa shape index (κ1) is 26.6. The normalized spacial score (nSPS) is 11.5. The van der Waals surface area contributed by atoms with Crippen molar-refractivity contribution in [2.45, 2.75) is 11.8 Å². The van der Waals surface area contributed by atoms with E-state index >= 15 is 0 Å². The average Bonchev–Trinajstić information content (AvgIpc) is 2.97. The number of amides is 1. The largest absolute Gasteiger partial charge is 0.497 e. The molecule has 1 atom stereocenters. The number of hydrogen-bond donors (Lipinski definition) is 3. The van der Waals surface area contributed by atoms with E-state index < -0.39 is 11.0 Å².